The van der Waals surface area contributed by atoms with E-state index in [9.17, 15) is 0 Å². The molecule has 0 N–H and O–H groups in total. The number of pyridine rings is 1. The maximum atomic E-state index is 5.42. The summed E-state index contributed by atoms with van der Waals surface area (Å²) in [6, 6.07) is 6.03. The summed E-state index contributed by atoms with van der Waals surface area (Å²) in [5.74, 6) is 0. The maximum absolute atomic E-state index is 5.42. The second-order valence-electron chi connectivity index (χ2n) is 4.84. The van der Waals surface area contributed by atoms with Gasteiger partial charge in [-0.15, -0.1) is 11.8 Å². The van der Waals surface area contributed by atoms with Crippen LogP contribution in [0.3, 0.4) is 0 Å². The highest BCUT2D eigenvalue weighted by Gasteiger charge is 2.18. The van der Waals surface area contributed by atoms with Crippen molar-refractivity contribution in [1.29, 1.82) is 0 Å². The summed E-state index contributed by atoms with van der Waals surface area (Å²) >= 11 is 1.99. The smallest absolute Gasteiger partial charge is 0.100 e. The molecule has 108 valence electrons. The van der Waals surface area contributed by atoms with E-state index in [-0.39, 0.29) is 0 Å². The molecule has 2 rings (SSSR count). The molecular formula is C16H27NOS. The van der Waals surface area contributed by atoms with Gasteiger partial charge in [0.1, 0.15) is 5.44 Å². The molecule has 2 unspecified atom stereocenters. The van der Waals surface area contributed by atoms with Crippen molar-refractivity contribution in [2.24, 2.45) is 0 Å². The molecule has 19 heavy (non-hydrogen) atoms. The van der Waals surface area contributed by atoms with Crippen LogP contribution in [0.1, 0.15) is 52.1 Å². The first-order chi connectivity index (χ1) is 9.26. The van der Waals surface area contributed by atoms with Crippen LogP contribution in [-0.4, -0.2) is 22.3 Å². The van der Waals surface area contributed by atoms with E-state index in [0.29, 0.717) is 5.44 Å². The lowest BCUT2D eigenvalue weighted by Gasteiger charge is -2.26. The lowest BCUT2D eigenvalue weighted by atomic mass is 10.2. The van der Waals surface area contributed by atoms with Crippen LogP contribution >= 0.6 is 11.8 Å². The number of hydrogen-bond donors (Lipinski definition) is 0. The topological polar surface area (TPSA) is 22.1 Å². The van der Waals surface area contributed by atoms with Crippen molar-refractivity contribution in [3.63, 3.8) is 0 Å². The summed E-state index contributed by atoms with van der Waals surface area (Å²) in [4.78, 5) is 4.17. The van der Waals surface area contributed by atoms with Crippen LogP contribution in [0.15, 0.2) is 24.4 Å². The first kappa shape index (κ1) is 16.5. The fraction of sp³-hybridized carbons (Fsp3) is 0.688. The molecule has 2 atom stereocenters. The van der Waals surface area contributed by atoms with Crippen LogP contribution in [0.2, 0.25) is 0 Å². The second kappa shape index (κ2) is 10.3. The average Bonchev–Trinajstić information content (AvgIpc) is 2.41. The van der Waals surface area contributed by atoms with Crippen molar-refractivity contribution in [1.82, 2.24) is 4.98 Å². The van der Waals surface area contributed by atoms with Crippen molar-refractivity contribution >= 4 is 11.8 Å². The van der Waals surface area contributed by atoms with Crippen molar-refractivity contribution < 1.29 is 4.74 Å². The second-order valence-corrected chi connectivity index (χ2v) is 6.45. The zero-order chi connectivity index (χ0) is 13.9. The van der Waals surface area contributed by atoms with Crippen LogP contribution in [-0.2, 0) is 11.2 Å². The van der Waals surface area contributed by atoms with Gasteiger partial charge in [-0.25, -0.2) is 0 Å². The summed E-state index contributed by atoms with van der Waals surface area (Å²) in [6.07, 6.45) is 8.04. The monoisotopic (exact) mass is 281 g/mol. The standard InChI is InChI=1S/C8H11N.C8H16OS/c1-2-5-8-6-3-4-7-9-8;1-3-4-8-5-6-9-7(2)10-8/h3-4,6-7H,2,5H2,1H3;7-8H,3-6H2,1-2H3. The molecule has 1 aromatic rings. The predicted molar refractivity (Wildman–Crippen MR) is 84.6 cm³/mol. The number of ether oxygens (including phenoxy) is 1. The highest BCUT2D eigenvalue weighted by atomic mass is 32.2. The minimum atomic E-state index is 0.435. The molecule has 0 saturated carbocycles. The van der Waals surface area contributed by atoms with Gasteiger partial charge in [0.05, 0.1) is 0 Å². The van der Waals surface area contributed by atoms with Gasteiger partial charge in [0.2, 0.25) is 0 Å². The fourth-order valence-corrected chi connectivity index (χ4v) is 3.40. The highest BCUT2D eigenvalue weighted by Crippen LogP contribution is 2.29. The third kappa shape index (κ3) is 7.58. The Labute approximate surface area is 122 Å². The van der Waals surface area contributed by atoms with Gasteiger partial charge in [0.15, 0.2) is 0 Å². The van der Waals surface area contributed by atoms with Gasteiger partial charge in [-0.2, -0.15) is 0 Å². The Morgan fingerprint density at radius 1 is 1.32 bits per heavy atom. The van der Waals surface area contributed by atoms with Gasteiger partial charge in [0, 0.05) is 23.7 Å². The van der Waals surface area contributed by atoms with E-state index in [1.165, 1.54) is 31.4 Å². The molecule has 1 aromatic heterocycles. The predicted octanol–water partition coefficient (Wildman–Crippen LogP) is 4.69. The number of nitrogens with zero attached hydrogens (tertiary/aromatic N) is 1. The quantitative estimate of drug-likeness (QED) is 0.799. The summed E-state index contributed by atoms with van der Waals surface area (Å²) < 4.78 is 5.42. The number of rotatable bonds is 4. The van der Waals surface area contributed by atoms with Crippen LogP contribution in [0.25, 0.3) is 0 Å². The summed E-state index contributed by atoms with van der Waals surface area (Å²) in [5.41, 5.74) is 1.63. The zero-order valence-corrected chi connectivity index (χ0v) is 13.3. The number of thioether (sulfide) groups is 1. The van der Waals surface area contributed by atoms with Gasteiger partial charge < -0.3 is 4.74 Å². The molecule has 1 saturated heterocycles. The minimum absolute atomic E-state index is 0.435. The van der Waals surface area contributed by atoms with Crippen molar-refractivity contribution in [2.45, 2.75) is 63.6 Å². The summed E-state index contributed by atoms with van der Waals surface area (Å²) in [5, 5.41) is 0.869. The highest BCUT2D eigenvalue weighted by molar-refractivity contribution is 8.00. The molecule has 0 aromatic carbocycles. The molecule has 0 radical (unpaired) electrons. The molecule has 0 bridgehead atoms. The Balaban J connectivity index is 0.000000191. The normalized spacial score (nSPS) is 22.5. The van der Waals surface area contributed by atoms with Gasteiger partial charge in [-0.1, -0.05) is 32.8 Å². The van der Waals surface area contributed by atoms with E-state index in [0.717, 1.165) is 18.3 Å². The van der Waals surface area contributed by atoms with E-state index in [1.807, 2.05) is 30.1 Å². The van der Waals surface area contributed by atoms with Gasteiger partial charge in [-0.05, 0) is 38.3 Å². The first-order valence-electron chi connectivity index (χ1n) is 7.43. The molecule has 3 heteroatoms. The Hall–Kier alpha value is -0.540. The van der Waals surface area contributed by atoms with Crippen molar-refractivity contribution in [3.05, 3.63) is 30.1 Å². The van der Waals surface area contributed by atoms with Gasteiger partial charge in [-0.3, -0.25) is 4.98 Å². The third-order valence-corrected chi connectivity index (χ3v) is 4.40. The molecule has 1 aliphatic rings. The molecule has 1 fully saturated rings. The lowest BCUT2D eigenvalue weighted by Crippen LogP contribution is -2.20. The fourth-order valence-electron chi connectivity index (χ4n) is 2.08. The van der Waals surface area contributed by atoms with Crippen LogP contribution < -0.4 is 0 Å². The summed E-state index contributed by atoms with van der Waals surface area (Å²) in [7, 11) is 0. The first-order valence-corrected chi connectivity index (χ1v) is 8.37. The molecule has 0 spiro atoms. The Morgan fingerprint density at radius 3 is 2.74 bits per heavy atom. The van der Waals surface area contributed by atoms with Crippen LogP contribution in [0.4, 0.5) is 0 Å². The van der Waals surface area contributed by atoms with Crippen LogP contribution in [0.5, 0.6) is 0 Å². The molecule has 0 aliphatic carbocycles. The number of hydrogen-bond acceptors (Lipinski definition) is 3. The van der Waals surface area contributed by atoms with Crippen molar-refractivity contribution in [3.8, 4) is 0 Å². The average molecular weight is 281 g/mol. The minimum Gasteiger partial charge on any atom is -0.368 e. The van der Waals surface area contributed by atoms with E-state index in [2.05, 4.69) is 31.8 Å². The third-order valence-electron chi connectivity index (χ3n) is 3.02. The van der Waals surface area contributed by atoms with E-state index >= 15 is 0 Å². The zero-order valence-electron chi connectivity index (χ0n) is 12.5. The largest absolute Gasteiger partial charge is 0.368 e. The summed E-state index contributed by atoms with van der Waals surface area (Å²) in [6.45, 7) is 7.53. The molecule has 2 heterocycles. The maximum Gasteiger partial charge on any atom is 0.100 e. The molecule has 2 nitrogen and oxygen atoms in total. The van der Waals surface area contributed by atoms with Gasteiger partial charge >= 0.3 is 0 Å². The Bertz CT molecular complexity index is 316. The van der Waals surface area contributed by atoms with Crippen LogP contribution in [0, 0.1) is 0 Å². The van der Waals surface area contributed by atoms with Crippen molar-refractivity contribution in [2.75, 3.05) is 6.61 Å². The van der Waals surface area contributed by atoms with E-state index in [4.69, 9.17) is 4.74 Å². The lowest BCUT2D eigenvalue weighted by molar-refractivity contribution is 0.110. The SMILES string of the molecule is CCCC1CCOC(C)S1.CCCc1ccccn1. The molecule has 1 aliphatic heterocycles. The molecular weight excluding hydrogens is 254 g/mol. The van der Waals surface area contributed by atoms with E-state index < -0.39 is 0 Å². The van der Waals surface area contributed by atoms with E-state index in [1.54, 1.807) is 0 Å². The number of aryl methyl sites for hydroxylation is 1. The Kier molecular flexibility index (Phi) is 8.93. The molecule has 0 amide bonds. The van der Waals surface area contributed by atoms with Gasteiger partial charge in [0.25, 0.3) is 0 Å². The Morgan fingerprint density at radius 2 is 2.16 bits per heavy atom. The number of aromatic nitrogens is 1.